The predicted octanol–water partition coefficient (Wildman–Crippen LogP) is 4.72. The summed E-state index contributed by atoms with van der Waals surface area (Å²) in [5, 5.41) is 8.22. The predicted molar refractivity (Wildman–Crippen MR) is 173 cm³/mol. The summed E-state index contributed by atoms with van der Waals surface area (Å²) in [5.41, 5.74) is 2.62. The highest BCUT2D eigenvalue weighted by molar-refractivity contribution is 5.92. The number of methoxy groups -OCH3 is 1. The van der Waals surface area contributed by atoms with E-state index in [1.54, 1.807) is 40.1 Å². The summed E-state index contributed by atoms with van der Waals surface area (Å²) >= 11 is 0. The van der Waals surface area contributed by atoms with Gasteiger partial charge < -0.3 is 19.9 Å². The second-order valence-corrected chi connectivity index (χ2v) is 11.5. The SMILES string of the molecule is C=CCN(C(=O)NCc1ccc(F)cc1)N1CC(=O)N2[C@@H](Cc3ccc(OC)cc3)C(=O)N(Cc3cccc4ccccc34)C[C@@H]21. The van der Waals surface area contributed by atoms with Crippen LogP contribution >= 0.6 is 0 Å². The third kappa shape index (κ3) is 6.29. The highest BCUT2D eigenvalue weighted by Crippen LogP contribution is 2.31. The van der Waals surface area contributed by atoms with Crippen LogP contribution in [0, 0.1) is 5.82 Å². The van der Waals surface area contributed by atoms with Crippen molar-refractivity contribution in [1.29, 1.82) is 0 Å². The van der Waals surface area contributed by atoms with E-state index in [0.717, 1.165) is 27.5 Å². The number of hydrogen-bond acceptors (Lipinski definition) is 5. The third-order valence-electron chi connectivity index (χ3n) is 8.60. The summed E-state index contributed by atoms with van der Waals surface area (Å²) in [6.45, 7) is 4.65. The van der Waals surface area contributed by atoms with Gasteiger partial charge in [0, 0.05) is 19.5 Å². The molecule has 1 N–H and O–H groups in total. The summed E-state index contributed by atoms with van der Waals surface area (Å²) in [4.78, 5) is 45.0. The second-order valence-electron chi connectivity index (χ2n) is 11.5. The van der Waals surface area contributed by atoms with Crippen molar-refractivity contribution in [2.75, 3.05) is 26.7 Å². The minimum atomic E-state index is -0.771. The Kier molecular flexibility index (Phi) is 8.98. The van der Waals surface area contributed by atoms with E-state index in [1.165, 1.54) is 17.1 Å². The molecular weight excluding hydrogens is 585 g/mol. The molecule has 4 aromatic rings. The number of rotatable bonds is 10. The number of nitrogens with zero attached hydrogens (tertiary/aromatic N) is 4. The van der Waals surface area contributed by atoms with E-state index in [1.807, 2.05) is 66.7 Å². The Balaban J connectivity index is 1.31. The molecule has 2 fully saturated rings. The molecule has 2 saturated heterocycles. The monoisotopic (exact) mass is 621 g/mol. The Hall–Kier alpha value is -5.22. The first-order chi connectivity index (χ1) is 22.4. The van der Waals surface area contributed by atoms with E-state index in [-0.39, 0.29) is 43.8 Å². The van der Waals surface area contributed by atoms with Gasteiger partial charge >= 0.3 is 6.03 Å². The number of amides is 4. The summed E-state index contributed by atoms with van der Waals surface area (Å²) in [6.07, 6.45) is 1.32. The van der Waals surface area contributed by atoms with Crippen LogP contribution in [0.5, 0.6) is 5.75 Å². The van der Waals surface area contributed by atoms with Gasteiger partial charge in [0.1, 0.15) is 23.8 Å². The fraction of sp³-hybridized carbons (Fsp3) is 0.250. The lowest BCUT2D eigenvalue weighted by Gasteiger charge is -2.46. The van der Waals surface area contributed by atoms with Crippen LogP contribution in [0.25, 0.3) is 10.8 Å². The lowest BCUT2D eigenvalue weighted by Crippen LogP contribution is -2.66. The summed E-state index contributed by atoms with van der Waals surface area (Å²) in [6, 6.07) is 26.3. The Bertz CT molecular complexity index is 1740. The van der Waals surface area contributed by atoms with Crippen LogP contribution in [0.2, 0.25) is 0 Å². The van der Waals surface area contributed by atoms with Crippen molar-refractivity contribution in [3.05, 3.63) is 126 Å². The van der Waals surface area contributed by atoms with Crippen LogP contribution in [0.3, 0.4) is 0 Å². The minimum absolute atomic E-state index is 0.0724. The first-order valence-electron chi connectivity index (χ1n) is 15.2. The zero-order valence-electron chi connectivity index (χ0n) is 25.6. The molecule has 0 bridgehead atoms. The number of ether oxygens (including phenoxy) is 1. The van der Waals surface area contributed by atoms with Crippen LogP contribution in [0.4, 0.5) is 9.18 Å². The van der Waals surface area contributed by atoms with E-state index in [4.69, 9.17) is 4.74 Å². The fourth-order valence-corrected chi connectivity index (χ4v) is 6.31. The van der Waals surface area contributed by atoms with E-state index in [0.29, 0.717) is 18.7 Å². The molecular formula is C36H36FN5O4. The molecule has 4 amide bonds. The summed E-state index contributed by atoms with van der Waals surface area (Å²) in [5.74, 6) is -0.0410. The molecule has 4 aromatic carbocycles. The molecule has 2 aliphatic rings. The number of hydrogen-bond donors (Lipinski definition) is 1. The molecule has 9 nitrogen and oxygen atoms in total. The zero-order valence-corrected chi connectivity index (χ0v) is 25.6. The van der Waals surface area contributed by atoms with Gasteiger partial charge in [0.25, 0.3) is 0 Å². The number of urea groups is 1. The van der Waals surface area contributed by atoms with Crippen molar-refractivity contribution in [2.45, 2.75) is 31.7 Å². The van der Waals surface area contributed by atoms with Gasteiger partial charge in [-0.15, -0.1) is 6.58 Å². The maximum atomic E-state index is 14.3. The molecule has 2 heterocycles. The number of carbonyl (C=O) groups excluding carboxylic acids is 3. The van der Waals surface area contributed by atoms with Crippen LogP contribution in [0.1, 0.15) is 16.7 Å². The molecule has 0 aromatic heterocycles. The van der Waals surface area contributed by atoms with Gasteiger partial charge in [0.05, 0.1) is 26.7 Å². The Morgan fingerprint density at radius 1 is 1.00 bits per heavy atom. The molecule has 236 valence electrons. The van der Waals surface area contributed by atoms with E-state index in [2.05, 4.69) is 11.9 Å². The van der Waals surface area contributed by atoms with Crippen LogP contribution in [-0.2, 0) is 29.1 Å². The molecule has 10 heteroatoms. The number of hydrazine groups is 1. The van der Waals surface area contributed by atoms with E-state index >= 15 is 0 Å². The van der Waals surface area contributed by atoms with Crippen molar-refractivity contribution < 1.29 is 23.5 Å². The number of fused-ring (bicyclic) bond motifs is 2. The van der Waals surface area contributed by atoms with Crippen molar-refractivity contribution >= 4 is 28.6 Å². The number of piperazine rings is 1. The van der Waals surface area contributed by atoms with Crippen molar-refractivity contribution in [3.63, 3.8) is 0 Å². The van der Waals surface area contributed by atoms with Gasteiger partial charge in [-0.1, -0.05) is 72.8 Å². The largest absolute Gasteiger partial charge is 0.497 e. The summed E-state index contributed by atoms with van der Waals surface area (Å²) < 4.78 is 18.7. The number of nitrogens with one attached hydrogen (secondary N) is 1. The maximum Gasteiger partial charge on any atom is 0.332 e. The smallest absolute Gasteiger partial charge is 0.332 e. The molecule has 0 spiro atoms. The van der Waals surface area contributed by atoms with E-state index in [9.17, 15) is 18.8 Å². The van der Waals surface area contributed by atoms with Gasteiger partial charge in [0.15, 0.2) is 0 Å². The third-order valence-corrected chi connectivity index (χ3v) is 8.60. The first-order valence-corrected chi connectivity index (χ1v) is 15.2. The molecule has 46 heavy (non-hydrogen) atoms. The van der Waals surface area contributed by atoms with Crippen LogP contribution in [-0.4, -0.2) is 76.6 Å². The Labute approximate surface area is 267 Å². The lowest BCUT2D eigenvalue weighted by molar-refractivity contribution is -0.157. The quantitative estimate of drug-likeness (QED) is 0.259. The molecule has 6 rings (SSSR count). The first kappa shape index (κ1) is 30.8. The lowest BCUT2D eigenvalue weighted by atomic mass is 9.99. The topological polar surface area (TPSA) is 85.4 Å². The molecule has 0 radical (unpaired) electrons. The molecule has 0 unspecified atom stereocenters. The Morgan fingerprint density at radius 3 is 2.46 bits per heavy atom. The average Bonchev–Trinajstić information content (AvgIpc) is 3.40. The maximum absolute atomic E-state index is 14.3. The van der Waals surface area contributed by atoms with Gasteiger partial charge in [-0.05, 0) is 51.7 Å². The van der Waals surface area contributed by atoms with Gasteiger partial charge in [-0.25, -0.2) is 9.18 Å². The molecule has 2 aliphatic heterocycles. The zero-order chi connectivity index (χ0) is 32.2. The minimum Gasteiger partial charge on any atom is -0.497 e. The fourth-order valence-electron chi connectivity index (χ4n) is 6.31. The number of carbonyl (C=O) groups is 3. The normalized spacial score (nSPS) is 18.0. The number of benzene rings is 4. The highest BCUT2D eigenvalue weighted by atomic mass is 19.1. The van der Waals surface area contributed by atoms with Gasteiger partial charge in [-0.3, -0.25) is 14.6 Å². The van der Waals surface area contributed by atoms with Crippen molar-refractivity contribution in [2.24, 2.45) is 0 Å². The van der Waals surface area contributed by atoms with Crippen molar-refractivity contribution in [3.8, 4) is 5.75 Å². The summed E-state index contributed by atoms with van der Waals surface area (Å²) in [7, 11) is 1.59. The van der Waals surface area contributed by atoms with Crippen LogP contribution in [0.15, 0.2) is 104 Å². The average molecular weight is 622 g/mol. The molecule has 2 atom stereocenters. The highest BCUT2D eigenvalue weighted by Gasteiger charge is 2.52. The standard InChI is InChI=1S/C36H36FN5O4/c1-3-19-40(36(45)38-21-26-11-15-29(37)16-12-26)41-24-34(43)42-32(20-25-13-17-30(46-2)18-14-25)35(44)39(23-33(41)42)22-28-9-6-8-27-7-4-5-10-31(27)28/h3-18,32-33H,1,19-24H2,2H3,(H,38,45)/t32-,33+/m0/s1. The van der Waals surface area contributed by atoms with Crippen molar-refractivity contribution in [1.82, 2.24) is 25.1 Å². The van der Waals surface area contributed by atoms with Gasteiger partial charge in [-0.2, -0.15) is 5.01 Å². The molecule has 0 aliphatic carbocycles. The molecule has 0 saturated carbocycles. The second kappa shape index (κ2) is 13.4. The van der Waals surface area contributed by atoms with E-state index < -0.39 is 18.2 Å². The Morgan fingerprint density at radius 2 is 1.72 bits per heavy atom. The van der Waals surface area contributed by atoms with Crippen LogP contribution < -0.4 is 10.1 Å². The number of halogens is 1. The van der Waals surface area contributed by atoms with Gasteiger partial charge in [0.2, 0.25) is 11.8 Å².